The number of aromatic nitrogens is 4. The van der Waals surface area contributed by atoms with Crippen LogP contribution < -0.4 is 11.3 Å². The molecule has 0 saturated carbocycles. The standard InChI is InChI=1S/C10H16N5O9P3/c11-10-13-8-7(9(16)14-10)12-4-15(8)6-2-1-5(22-6)3-21-26(19)24-27(20)23-25(17)18/h4-6,17-20H,1-3H2,(H3,11,13,14,16)/t5-,6?,26?,27?/m0/s1. The lowest BCUT2D eigenvalue weighted by atomic mass is 10.2. The van der Waals surface area contributed by atoms with Gasteiger partial charge in [0.1, 0.15) is 6.23 Å². The SMILES string of the molecule is Nc1nc2c(ncn2C2CC[C@@H](COP(O)OP(O)OP(O)O)O2)c(=O)[nH]1. The molecule has 2 aromatic rings. The van der Waals surface area contributed by atoms with Gasteiger partial charge in [-0.25, -0.2) is 13.6 Å². The van der Waals surface area contributed by atoms with Gasteiger partial charge in [-0.2, -0.15) is 4.98 Å². The average Bonchev–Trinajstić information content (AvgIpc) is 3.18. The minimum atomic E-state index is -2.81. The molecule has 4 atom stereocenters. The quantitative estimate of drug-likeness (QED) is 0.300. The van der Waals surface area contributed by atoms with Gasteiger partial charge in [-0.05, 0) is 12.8 Å². The van der Waals surface area contributed by atoms with Crippen LogP contribution in [0, 0.1) is 0 Å². The van der Waals surface area contributed by atoms with Crippen LogP contribution in [-0.2, 0) is 17.9 Å². The van der Waals surface area contributed by atoms with Crippen molar-refractivity contribution < 1.29 is 37.5 Å². The van der Waals surface area contributed by atoms with Gasteiger partial charge in [0.25, 0.3) is 5.56 Å². The number of rotatable bonds is 8. The third-order valence-electron chi connectivity index (χ3n) is 3.50. The van der Waals surface area contributed by atoms with Crippen molar-refractivity contribution in [2.75, 3.05) is 12.3 Å². The zero-order chi connectivity index (χ0) is 19.6. The summed E-state index contributed by atoms with van der Waals surface area (Å²) in [6, 6.07) is 0. The van der Waals surface area contributed by atoms with Crippen LogP contribution >= 0.6 is 25.8 Å². The Morgan fingerprint density at radius 2 is 2.07 bits per heavy atom. The molecular formula is C10H16N5O9P3. The third-order valence-corrected chi connectivity index (χ3v) is 6.13. The van der Waals surface area contributed by atoms with Crippen molar-refractivity contribution in [2.45, 2.75) is 25.2 Å². The van der Waals surface area contributed by atoms with E-state index in [0.29, 0.717) is 18.5 Å². The number of hydrogen-bond donors (Lipinski definition) is 6. The zero-order valence-electron chi connectivity index (χ0n) is 13.4. The Kier molecular flexibility index (Phi) is 7.01. The maximum atomic E-state index is 11.8. The largest absolute Gasteiger partial charge is 0.369 e. The first-order chi connectivity index (χ1) is 12.8. The fourth-order valence-corrected chi connectivity index (χ4v) is 4.32. The van der Waals surface area contributed by atoms with E-state index in [1.807, 2.05) is 0 Å². The van der Waals surface area contributed by atoms with Gasteiger partial charge in [0.2, 0.25) is 5.95 Å². The Labute approximate surface area is 154 Å². The molecule has 0 aliphatic carbocycles. The van der Waals surface area contributed by atoms with Crippen LogP contribution in [0.25, 0.3) is 11.2 Å². The van der Waals surface area contributed by atoms with E-state index in [4.69, 9.17) is 24.8 Å². The van der Waals surface area contributed by atoms with E-state index in [1.54, 1.807) is 4.57 Å². The van der Waals surface area contributed by atoms with E-state index >= 15 is 0 Å². The monoisotopic (exact) mass is 443 g/mol. The molecule has 3 rings (SSSR count). The number of ether oxygens (including phenoxy) is 1. The van der Waals surface area contributed by atoms with Crippen molar-refractivity contribution >= 4 is 42.9 Å². The number of H-pyrrole nitrogens is 1. The van der Waals surface area contributed by atoms with E-state index in [-0.39, 0.29) is 18.1 Å². The highest BCUT2D eigenvalue weighted by atomic mass is 31.3. The predicted molar refractivity (Wildman–Crippen MR) is 93.5 cm³/mol. The smallest absolute Gasteiger partial charge is 0.344 e. The summed E-state index contributed by atoms with van der Waals surface area (Å²) in [5.41, 5.74) is 5.55. The van der Waals surface area contributed by atoms with Crippen LogP contribution in [0.2, 0.25) is 0 Å². The molecule has 27 heavy (non-hydrogen) atoms. The zero-order valence-corrected chi connectivity index (χ0v) is 16.1. The van der Waals surface area contributed by atoms with Crippen molar-refractivity contribution in [1.29, 1.82) is 0 Å². The molecule has 3 heterocycles. The molecule has 0 aromatic carbocycles. The van der Waals surface area contributed by atoms with Crippen molar-refractivity contribution in [1.82, 2.24) is 19.5 Å². The van der Waals surface area contributed by atoms with Gasteiger partial charge in [0.05, 0.1) is 19.0 Å². The molecule has 0 spiro atoms. The number of imidazole rings is 1. The van der Waals surface area contributed by atoms with Crippen LogP contribution in [0.5, 0.6) is 0 Å². The molecule has 0 amide bonds. The number of anilines is 1. The minimum absolute atomic E-state index is 0.0349. The summed E-state index contributed by atoms with van der Waals surface area (Å²) in [6.07, 6.45) is 1.74. The number of nitrogens with zero attached hydrogens (tertiary/aromatic N) is 3. The molecule has 0 radical (unpaired) electrons. The van der Waals surface area contributed by atoms with E-state index in [0.717, 1.165) is 0 Å². The summed E-state index contributed by atoms with van der Waals surface area (Å²) in [5, 5.41) is 0. The first-order valence-corrected chi connectivity index (χ1v) is 10.8. The van der Waals surface area contributed by atoms with Gasteiger partial charge < -0.3 is 34.6 Å². The molecule has 1 aliphatic rings. The molecule has 1 fully saturated rings. The van der Waals surface area contributed by atoms with E-state index in [9.17, 15) is 14.6 Å². The van der Waals surface area contributed by atoms with Crippen molar-refractivity contribution in [2.24, 2.45) is 0 Å². The van der Waals surface area contributed by atoms with Crippen LogP contribution in [0.3, 0.4) is 0 Å². The highest BCUT2D eigenvalue weighted by Gasteiger charge is 2.30. The predicted octanol–water partition coefficient (Wildman–Crippen LogP) is 0.0791. The summed E-state index contributed by atoms with van der Waals surface area (Å²) in [5.74, 6) is -0.0349. The second kappa shape index (κ2) is 9.08. The topological polar surface area (TPSA) is 207 Å². The highest BCUT2D eigenvalue weighted by Crippen LogP contribution is 2.55. The molecule has 3 unspecified atom stereocenters. The fourth-order valence-electron chi connectivity index (χ4n) is 2.48. The molecule has 1 aliphatic heterocycles. The number of hydrogen-bond acceptors (Lipinski definition) is 12. The second-order valence-electron chi connectivity index (χ2n) is 5.25. The Balaban J connectivity index is 1.54. The Morgan fingerprint density at radius 1 is 1.30 bits per heavy atom. The van der Waals surface area contributed by atoms with Gasteiger partial charge in [0.15, 0.2) is 11.2 Å². The summed E-state index contributed by atoms with van der Waals surface area (Å²) in [7, 11) is -7.98. The fraction of sp³-hybridized carbons (Fsp3) is 0.500. The first-order valence-electron chi connectivity index (χ1n) is 7.36. The maximum absolute atomic E-state index is 11.8. The number of nitrogens with two attached hydrogens (primary N) is 1. The second-order valence-corrected chi connectivity index (χ2v) is 8.27. The molecule has 0 bridgehead atoms. The molecular weight excluding hydrogens is 427 g/mol. The molecule has 2 aromatic heterocycles. The van der Waals surface area contributed by atoms with Gasteiger partial charge in [-0.3, -0.25) is 14.3 Å². The Bertz CT molecular complexity index is 834. The highest BCUT2D eigenvalue weighted by molar-refractivity contribution is 7.60. The molecule has 150 valence electrons. The van der Waals surface area contributed by atoms with Gasteiger partial charge in [-0.1, -0.05) is 0 Å². The molecule has 17 heteroatoms. The Morgan fingerprint density at radius 3 is 2.81 bits per heavy atom. The lowest BCUT2D eigenvalue weighted by Gasteiger charge is -2.17. The van der Waals surface area contributed by atoms with Gasteiger partial charge in [-0.15, -0.1) is 0 Å². The summed E-state index contributed by atoms with van der Waals surface area (Å²) in [6.45, 7) is -0.0440. The van der Waals surface area contributed by atoms with Crippen molar-refractivity contribution in [3.63, 3.8) is 0 Å². The first kappa shape index (κ1) is 20.8. The van der Waals surface area contributed by atoms with Crippen molar-refractivity contribution in [3.8, 4) is 0 Å². The lowest BCUT2D eigenvalue weighted by molar-refractivity contribution is -0.0174. The normalized spacial score (nSPS) is 22.6. The van der Waals surface area contributed by atoms with Crippen molar-refractivity contribution in [3.05, 3.63) is 16.7 Å². The lowest BCUT2D eigenvalue weighted by Crippen LogP contribution is -2.17. The summed E-state index contributed by atoms with van der Waals surface area (Å²) < 4.78 is 21.2. The number of nitrogen functional groups attached to an aromatic ring is 1. The summed E-state index contributed by atoms with van der Waals surface area (Å²) in [4.78, 5) is 58.1. The molecule has 7 N–H and O–H groups in total. The van der Waals surface area contributed by atoms with Gasteiger partial charge >= 0.3 is 25.8 Å². The van der Waals surface area contributed by atoms with Crippen LogP contribution in [0.1, 0.15) is 19.1 Å². The molecule has 14 nitrogen and oxygen atoms in total. The minimum Gasteiger partial charge on any atom is -0.369 e. The number of aromatic amines is 1. The van der Waals surface area contributed by atoms with Crippen LogP contribution in [0.15, 0.2) is 11.1 Å². The van der Waals surface area contributed by atoms with E-state index < -0.39 is 43.7 Å². The van der Waals surface area contributed by atoms with Crippen LogP contribution in [-0.4, -0.2) is 51.8 Å². The number of fused-ring (bicyclic) bond motifs is 1. The summed E-state index contributed by atoms with van der Waals surface area (Å²) >= 11 is 0. The number of nitrogens with one attached hydrogen (secondary N) is 1. The van der Waals surface area contributed by atoms with E-state index in [1.165, 1.54) is 6.33 Å². The average molecular weight is 443 g/mol. The third kappa shape index (κ3) is 5.35. The maximum Gasteiger partial charge on any atom is 0.344 e. The van der Waals surface area contributed by atoms with E-state index in [2.05, 4.69) is 23.6 Å². The molecule has 1 saturated heterocycles. The van der Waals surface area contributed by atoms with Crippen LogP contribution in [0.4, 0.5) is 5.95 Å². The van der Waals surface area contributed by atoms with Gasteiger partial charge in [0, 0.05) is 0 Å². The Hall–Kier alpha value is -0.880.